The fourth-order valence-corrected chi connectivity index (χ4v) is 5.05. The van der Waals surface area contributed by atoms with Gasteiger partial charge in [-0.15, -0.1) is 0 Å². The molecule has 268 valence electrons. The van der Waals surface area contributed by atoms with Crippen LogP contribution in [0.3, 0.4) is 0 Å². The second-order valence-electron chi connectivity index (χ2n) is 12.7. The zero-order chi connectivity index (χ0) is 34.5. The maximum atomic E-state index is 12.4. The number of aldehydes is 1. The number of allylic oxidation sites excluding steroid dienone is 3. The molecular weight excluding hydrogens is 613 g/mol. The van der Waals surface area contributed by atoms with Crippen molar-refractivity contribution in [3.63, 3.8) is 0 Å². The molecule has 0 fully saturated rings. The number of carbonyl (C=O) groups excluding carboxylic acids is 3. The van der Waals surface area contributed by atoms with E-state index >= 15 is 0 Å². The number of aliphatic hydroxyl groups is 1. The highest BCUT2D eigenvalue weighted by Crippen LogP contribution is 2.38. The van der Waals surface area contributed by atoms with Crippen molar-refractivity contribution in [1.29, 1.82) is 0 Å². The maximum Gasteiger partial charge on any atom is 0.306 e. The Morgan fingerprint density at radius 1 is 0.826 bits per heavy atom. The molecule has 0 rings (SSSR count). The van der Waals surface area contributed by atoms with E-state index in [0.29, 0.717) is 23.7 Å². The summed E-state index contributed by atoms with van der Waals surface area (Å²) in [4.78, 5) is 47.3. The Hall–Kier alpha value is -1.88. The Labute approximate surface area is 277 Å². The molecule has 0 aliphatic carbocycles. The van der Waals surface area contributed by atoms with Gasteiger partial charge in [0.15, 0.2) is 6.10 Å². The lowest BCUT2D eigenvalue weighted by Gasteiger charge is -2.28. The lowest BCUT2D eigenvalue weighted by atomic mass is 10.1. The number of quaternary nitrogens is 1. The summed E-state index contributed by atoms with van der Waals surface area (Å²) in [5, 5.41) is 9.76. The van der Waals surface area contributed by atoms with E-state index in [-0.39, 0.29) is 38.9 Å². The number of esters is 2. The van der Waals surface area contributed by atoms with Crippen LogP contribution in [0.25, 0.3) is 0 Å². The highest BCUT2D eigenvalue weighted by Gasteiger charge is 2.22. The van der Waals surface area contributed by atoms with Crippen molar-refractivity contribution in [1.82, 2.24) is 0 Å². The molecule has 2 unspecified atom stereocenters. The van der Waals surface area contributed by atoms with Gasteiger partial charge in [-0.05, 0) is 51.0 Å². The zero-order valence-electron chi connectivity index (χ0n) is 28.9. The number of aliphatic hydroxyl groups excluding tert-OH is 1. The van der Waals surface area contributed by atoms with Crippen LogP contribution in [0, 0.1) is 0 Å². The van der Waals surface area contributed by atoms with E-state index in [2.05, 4.69) is 19.1 Å². The van der Waals surface area contributed by atoms with Crippen LogP contribution in [-0.4, -0.2) is 87.5 Å². The average Bonchev–Trinajstić information content (AvgIpc) is 2.98. The van der Waals surface area contributed by atoms with Crippen LogP contribution >= 0.6 is 7.82 Å². The summed E-state index contributed by atoms with van der Waals surface area (Å²) in [6, 6.07) is 0. The summed E-state index contributed by atoms with van der Waals surface area (Å²) in [5.74, 6) is -1.13. The van der Waals surface area contributed by atoms with Gasteiger partial charge in [-0.3, -0.25) is 18.9 Å². The summed E-state index contributed by atoms with van der Waals surface area (Å²) in [6.45, 7) is 1.65. The van der Waals surface area contributed by atoms with Crippen LogP contribution in [-0.2, 0) is 37.5 Å². The number of hydrogen-bond donors (Lipinski definition) is 1. The molecule has 0 saturated carbocycles. The molecule has 0 aromatic rings. The van der Waals surface area contributed by atoms with Crippen LogP contribution in [0.15, 0.2) is 24.3 Å². The van der Waals surface area contributed by atoms with E-state index in [1.807, 2.05) is 21.1 Å². The molecule has 0 saturated heterocycles. The van der Waals surface area contributed by atoms with E-state index in [9.17, 15) is 28.9 Å². The number of phosphoric ester groups is 1. The van der Waals surface area contributed by atoms with Crippen molar-refractivity contribution < 1.29 is 52.0 Å². The SMILES string of the molecule is CCCCCCCC/C=C\CCCCCCCC(=O)OC[C@H](COP(=O)([O-])OCC[N+](C)(C)C)OC(=O)CCCC(O)/C=C/C=O. The van der Waals surface area contributed by atoms with Gasteiger partial charge in [0.05, 0.1) is 33.9 Å². The first-order valence-electron chi connectivity index (χ1n) is 17.1. The largest absolute Gasteiger partial charge is 0.756 e. The molecule has 3 atom stereocenters. The quantitative estimate of drug-likeness (QED) is 0.0177. The van der Waals surface area contributed by atoms with Gasteiger partial charge in [0, 0.05) is 12.8 Å². The number of rotatable bonds is 31. The molecule has 46 heavy (non-hydrogen) atoms. The van der Waals surface area contributed by atoms with E-state index < -0.39 is 38.6 Å². The minimum atomic E-state index is -4.68. The number of unbranched alkanes of at least 4 members (excludes halogenated alkanes) is 11. The van der Waals surface area contributed by atoms with E-state index in [1.165, 1.54) is 50.7 Å². The smallest absolute Gasteiger partial charge is 0.306 e. The molecule has 0 heterocycles. The summed E-state index contributed by atoms with van der Waals surface area (Å²) >= 11 is 0. The molecule has 0 aliphatic rings. The van der Waals surface area contributed by atoms with Gasteiger partial charge in [-0.2, -0.15) is 0 Å². The lowest BCUT2D eigenvalue weighted by Crippen LogP contribution is -2.37. The summed E-state index contributed by atoms with van der Waals surface area (Å²) in [6.07, 6.45) is 21.1. The van der Waals surface area contributed by atoms with Crippen molar-refractivity contribution in [2.45, 2.75) is 128 Å². The number of ether oxygens (including phenoxy) is 2. The molecule has 11 nitrogen and oxygen atoms in total. The van der Waals surface area contributed by atoms with Crippen LogP contribution in [0.5, 0.6) is 0 Å². The van der Waals surface area contributed by atoms with Crippen LogP contribution in [0.1, 0.15) is 116 Å². The molecule has 0 radical (unpaired) electrons. The number of likely N-dealkylation sites (N-methyl/N-ethyl adjacent to an activating group) is 1. The predicted molar refractivity (Wildman–Crippen MR) is 178 cm³/mol. The topological polar surface area (TPSA) is 148 Å². The molecule has 12 heteroatoms. The number of carbonyl (C=O) groups is 3. The zero-order valence-corrected chi connectivity index (χ0v) is 29.8. The Kier molecular flexibility index (Phi) is 27.0. The summed E-state index contributed by atoms with van der Waals surface area (Å²) in [7, 11) is 0.982. The molecule has 0 spiro atoms. The monoisotopic (exact) mass is 675 g/mol. The minimum absolute atomic E-state index is 0.0691. The Balaban J connectivity index is 4.45. The van der Waals surface area contributed by atoms with Gasteiger partial charge in [-0.1, -0.05) is 76.5 Å². The van der Waals surface area contributed by atoms with E-state index in [4.69, 9.17) is 18.5 Å². The molecule has 0 aromatic carbocycles. The van der Waals surface area contributed by atoms with Crippen molar-refractivity contribution in [2.75, 3.05) is 47.5 Å². The standard InChI is InChI=1S/C34H62NO10P/c1-5-6-7-8-9-10-11-12-13-14-15-16-17-18-19-24-33(38)42-29-32(30-44-46(40,41)43-28-26-35(2,3)4)45-34(39)25-20-22-31(37)23-21-27-36/h12-13,21,23,27,31-32,37H,5-11,14-20,22,24-26,28-30H2,1-4H3/b13-12-,23-21+/t31?,32-/m1/s1. The second-order valence-corrected chi connectivity index (χ2v) is 14.1. The number of hydrogen-bond acceptors (Lipinski definition) is 10. The Morgan fingerprint density at radius 2 is 1.41 bits per heavy atom. The van der Waals surface area contributed by atoms with Crippen LogP contribution in [0.2, 0.25) is 0 Å². The molecule has 1 N–H and O–H groups in total. The first-order chi connectivity index (χ1) is 21.9. The van der Waals surface area contributed by atoms with Gasteiger partial charge in [-0.25, -0.2) is 0 Å². The van der Waals surface area contributed by atoms with Crippen molar-refractivity contribution in [2.24, 2.45) is 0 Å². The highest BCUT2D eigenvalue weighted by atomic mass is 31.2. The first kappa shape index (κ1) is 44.1. The fraction of sp³-hybridized carbons (Fsp3) is 0.794. The Bertz CT molecular complexity index is 903. The fourth-order valence-electron chi connectivity index (χ4n) is 4.32. The summed E-state index contributed by atoms with van der Waals surface area (Å²) < 4.78 is 33.1. The van der Waals surface area contributed by atoms with Crippen LogP contribution < -0.4 is 4.89 Å². The average molecular weight is 676 g/mol. The third-order valence-corrected chi connectivity index (χ3v) is 8.06. The predicted octanol–water partition coefficient (Wildman–Crippen LogP) is 5.97. The number of nitrogens with zero attached hydrogens (tertiary/aromatic N) is 1. The first-order valence-corrected chi connectivity index (χ1v) is 18.5. The van der Waals surface area contributed by atoms with Gasteiger partial charge < -0.3 is 33.0 Å². The molecule has 0 aromatic heterocycles. The molecule has 0 aliphatic heterocycles. The lowest BCUT2D eigenvalue weighted by molar-refractivity contribution is -0.870. The van der Waals surface area contributed by atoms with E-state index in [0.717, 1.165) is 38.5 Å². The maximum absolute atomic E-state index is 12.4. The third kappa shape index (κ3) is 30.8. The van der Waals surface area contributed by atoms with Gasteiger partial charge in [0.25, 0.3) is 7.82 Å². The summed E-state index contributed by atoms with van der Waals surface area (Å²) in [5.41, 5.74) is 0. The Morgan fingerprint density at radius 3 is 2.02 bits per heavy atom. The molecule has 0 bridgehead atoms. The van der Waals surface area contributed by atoms with Crippen molar-refractivity contribution in [3.8, 4) is 0 Å². The third-order valence-electron chi connectivity index (χ3n) is 7.09. The van der Waals surface area contributed by atoms with Gasteiger partial charge in [0.1, 0.15) is 26.0 Å². The molecular formula is C34H62NO10P. The van der Waals surface area contributed by atoms with Crippen molar-refractivity contribution in [3.05, 3.63) is 24.3 Å². The van der Waals surface area contributed by atoms with E-state index in [1.54, 1.807) is 0 Å². The minimum Gasteiger partial charge on any atom is -0.756 e. The van der Waals surface area contributed by atoms with Gasteiger partial charge >= 0.3 is 11.9 Å². The van der Waals surface area contributed by atoms with Gasteiger partial charge in [0.2, 0.25) is 0 Å². The second kappa shape index (κ2) is 28.2. The van der Waals surface area contributed by atoms with Crippen molar-refractivity contribution >= 4 is 26.0 Å². The highest BCUT2D eigenvalue weighted by molar-refractivity contribution is 7.45. The molecule has 0 amide bonds. The van der Waals surface area contributed by atoms with Crippen LogP contribution in [0.4, 0.5) is 0 Å². The normalized spacial score (nSPS) is 14.7. The number of phosphoric acid groups is 1.